The molecule has 0 aliphatic rings. The van der Waals surface area contributed by atoms with Crippen molar-refractivity contribution in [2.75, 3.05) is 5.73 Å². The molecule has 0 saturated carbocycles. The summed E-state index contributed by atoms with van der Waals surface area (Å²) in [5.74, 6) is 0.557. The number of imidazole rings is 1. The Bertz CT molecular complexity index is 500. The Hall–Kier alpha value is -1.48. The van der Waals surface area contributed by atoms with Crippen LogP contribution in [0.15, 0.2) is 24.3 Å². The largest absolute Gasteiger partial charge is 0.369 e. The molecule has 2 N–H and O–H groups in total. The highest BCUT2D eigenvalue weighted by molar-refractivity contribution is 6.30. The van der Waals surface area contributed by atoms with Crippen molar-refractivity contribution in [2.24, 2.45) is 7.05 Å². The van der Waals surface area contributed by atoms with Gasteiger partial charge in [0.2, 0.25) is 0 Å². The second-order valence-electron chi connectivity index (χ2n) is 3.86. The predicted octanol–water partition coefficient (Wildman–Crippen LogP) is 2.55. The van der Waals surface area contributed by atoms with Gasteiger partial charge in [0.1, 0.15) is 0 Å². The Balaban J connectivity index is 2.27. The van der Waals surface area contributed by atoms with Crippen LogP contribution in [0.3, 0.4) is 0 Å². The monoisotopic (exact) mass is 235 g/mol. The Kier molecular flexibility index (Phi) is 2.88. The number of nitrogens with two attached hydrogens (primary N) is 1. The van der Waals surface area contributed by atoms with Gasteiger partial charge in [0.25, 0.3) is 0 Å². The Labute approximate surface area is 99.9 Å². The summed E-state index contributed by atoms with van der Waals surface area (Å²) in [6, 6.07) is 7.79. The third kappa shape index (κ3) is 2.04. The van der Waals surface area contributed by atoms with Crippen molar-refractivity contribution < 1.29 is 0 Å². The molecular weight excluding hydrogens is 222 g/mol. The van der Waals surface area contributed by atoms with E-state index in [4.69, 9.17) is 17.3 Å². The Morgan fingerprint density at radius 3 is 2.44 bits per heavy atom. The number of halogens is 1. The minimum absolute atomic E-state index is 0.557. The minimum Gasteiger partial charge on any atom is -0.369 e. The van der Waals surface area contributed by atoms with Crippen molar-refractivity contribution in [3.63, 3.8) is 0 Å². The van der Waals surface area contributed by atoms with Crippen LogP contribution in [0.1, 0.15) is 17.0 Å². The molecule has 1 aromatic carbocycles. The van der Waals surface area contributed by atoms with Gasteiger partial charge in [-0.3, -0.25) is 0 Å². The molecule has 0 atom stereocenters. The van der Waals surface area contributed by atoms with Crippen LogP contribution in [0.5, 0.6) is 0 Å². The molecule has 3 nitrogen and oxygen atoms in total. The summed E-state index contributed by atoms with van der Waals surface area (Å²) in [7, 11) is 1.92. The SMILES string of the molecule is Cc1c(Cc2ccc(Cl)cc2)nc(N)n1C. The molecule has 1 heterocycles. The van der Waals surface area contributed by atoms with Crippen LogP contribution in [0.2, 0.25) is 5.02 Å². The summed E-state index contributed by atoms with van der Waals surface area (Å²) >= 11 is 5.84. The first kappa shape index (κ1) is 11.0. The van der Waals surface area contributed by atoms with E-state index < -0.39 is 0 Å². The molecule has 0 bridgehead atoms. The van der Waals surface area contributed by atoms with Crippen molar-refractivity contribution in [1.29, 1.82) is 0 Å². The van der Waals surface area contributed by atoms with Gasteiger partial charge < -0.3 is 10.3 Å². The number of benzene rings is 1. The molecule has 0 spiro atoms. The number of aromatic nitrogens is 2. The fraction of sp³-hybridized carbons (Fsp3) is 0.250. The van der Waals surface area contributed by atoms with E-state index in [-0.39, 0.29) is 0 Å². The van der Waals surface area contributed by atoms with Crippen LogP contribution in [0, 0.1) is 6.92 Å². The maximum atomic E-state index is 5.84. The second-order valence-corrected chi connectivity index (χ2v) is 4.30. The van der Waals surface area contributed by atoms with Gasteiger partial charge in [-0.25, -0.2) is 4.98 Å². The van der Waals surface area contributed by atoms with Crippen molar-refractivity contribution in [1.82, 2.24) is 9.55 Å². The number of nitrogen functional groups attached to an aromatic ring is 1. The zero-order valence-electron chi connectivity index (χ0n) is 9.37. The number of rotatable bonds is 2. The quantitative estimate of drug-likeness (QED) is 0.870. The van der Waals surface area contributed by atoms with Gasteiger partial charge in [-0.05, 0) is 24.6 Å². The first-order valence-electron chi connectivity index (χ1n) is 5.10. The van der Waals surface area contributed by atoms with E-state index in [9.17, 15) is 0 Å². The first-order chi connectivity index (χ1) is 7.58. The molecule has 2 rings (SSSR count). The number of nitrogens with zero attached hydrogens (tertiary/aromatic N) is 2. The van der Waals surface area contributed by atoms with Gasteiger partial charge in [0.15, 0.2) is 5.95 Å². The Morgan fingerprint density at radius 2 is 1.94 bits per heavy atom. The second kappa shape index (κ2) is 4.18. The van der Waals surface area contributed by atoms with Crippen molar-refractivity contribution in [3.05, 3.63) is 46.2 Å². The van der Waals surface area contributed by atoms with Crippen molar-refractivity contribution >= 4 is 17.5 Å². The maximum absolute atomic E-state index is 5.84. The maximum Gasteiger partial charge on any atom is 0.200 e. The average molecular weight is 236 g/mol. The Morgan fingerprint density at radius 1 is 1.31 bits per heavy atom. The summed E-state index contributed by atoms with van der Waals surface area (Å²) in [5.41, 5.74) is 9.06. The van der Waals surface area contributed by atoms with Crippen molar-refractivity contribution in [3.8, 4) is 0 Å². The molecule has 0 aliphatic heterocycles. The van der Waals surface area contributed by atoms with E-state index >= 15 is 0 Å². The van der Waals surface area contributed by atoms with Crippen LogP contribution in [0.4, 0.5) is 5.95 Å². The molecular formula is C12H14ClN3. The topological polar surface area (TPSA) is 43.8 Å². The summed E-state index contributed by atoms with van der Waals surface area (Å²) < 4.78 is 1.89. The summed E-state index contributed by atoms with van der Waals surface area (Å²) in [4.78, 5) is 4.34. The average Bonchev–Trinajstić information content (AvgIpc) is 2.50. The lowest BCUT2D eigenvalue weighted by Gasteiger charge is -2.01. The molecule has 0 aliphatic carbocycles. The number of hydrogen-bond donors (Lipinski definition) is 1. The van der Waals surface area contributed by atoms with E-state index in [1.54, 1.807) is 0 Å². The van der Waals surface area contributed by atoms with E-state index in [0.717, 1.165) is 22.8 Å². The van der Waals surface area contributed by atoms with Gasteiger partial charge in [-0.1, -0.05) is 23.7 Å². The highest BCUT2D eigenvalue weighted by Crippen LogP contribution is 2.17. The van der Waals surface area contributed by atoms with Gasteiger partial charge >= 0.3 is 0 Å². The summed E-state index contributed by atoms with van der Waals surface area (Å²) in [6.45, 7) is 2.02. The lowest BCUT2D eigenvalue weighted by molar-refractivity contribution is 0.882. The molecule has 0 unspecified atom stereocenters. The smallest absolute Gasteiger partial charge is 0.200 e. The van der Waals surface area contributed by atoms with Crippen LogP contribution >= 0.6 is 11.6 Å². The van der Waals surface area contributed by atoms with Crippen LogP contribution < -0.4 is 5.73 Å². The zero-order chi connectivity index (χ0) is 11.7. The van der Waals surface area contributed by atoms with Crippen molar-refractivity contribution in [2.45, 2.75) is 13.3 Å². The van der Waals surface area contributed by atoms with E-state index in [1.807, 2.05) is 42.8 Å². The highest BCUT2D eigenvalue weighted by Gasteiger charge is 2.08. The fourth-order valence-electron chi connectivity index (χ4n) is 1.62. The molecule has 84 valence electrons. The molecule has 0 radical (unpaired) electrons. The first-order valence-corrected chi connectivity index (χ1v) is 5.48. The number of anilines is 1. The zero-order valence-corrected chi connectivity index (χ0v) is 10.1. The van der Waals surface area contributed by atoms with Crippen LogP contribution in [-0.2, 0) is 13.5 Å². The van der Waals surface area contributed by atoms with Crippen LogP contribution in [-0.4, -0.2) is 9.55 Å². The lowest BCUT2D eigenvalue weighted by Crippen LogP contribution is -1.98. The van der Waals surface area contributed by atoms with E-state index in [0.29, 0.717) is 5.95 Å². The molecule has 0 fully saturated rings. The lowest BCUT2D eigenvalue weighted by atomic mass is 10.1. The third-order valence-electron chi connectivity index (χ3n) is 2.80. The predicted molar refractivity (Wildman–Crippen MR) is 66.6 cm³/mol. The fourth-order valence-corrected chi connectivity index (χ4v) is 1.75. The highest BCUT2D eigenvalue weighted by atomic mass is 35.5. The normalized spacial score (nSPS) is 10.7. The molecule has 0 saturated heterocycles. The van der Waals surface area contributed by atoms with Gasteiger partial charge in [0.05, 0.1) is 5.69 Å². The molecule has 0 amide bonds. The summed E-state index contributed by atoms with van der Waals surface area (Å²) in [6.07, 6.45) is 0.786. The molecule has 2 aromatic rings. The molecule has 16 heavy (non-hydrogen) atoms. The van der Waals surface area contributed by atoms with Gasteiger partial charge in [-0.2, -0.15) is 0 Å². The third-order valence-corrected chi connectivity index (χ3v) is 3.05. The van der Waals surface area contributed by atoms with Crippen LogP contribution in [0.25, 0.3) is 0 Å². The standard InChI is InChI=1S/C12H14ClN3/c1-8-11(15-12(14)16(8)2)7-9-3-5-10(13)6-4-9/h3-6H,7H2,1-2H3,(H2,14,15). The van der Waals surface area contributed by atoms with Gasteiger partial charge in [-0.15, -0.1) is 0 Å². The van der Waals surface area contributed by atoms with E-state index in [1.165, 1.54) is 5.56 Å². The number of hydrogen-bond acceptors (Lipinski definition) is 2. The minimum atomic E-state index is 0.557. The van der Waals surface area contributed by atoms with E-state index in [2.05, 4.69) is 4.98 Å². The molecule has 1 aromatic heterocycles. The van der Waals surface area contributed by atoms with Gasteiger partial charge in [0, 0.05) is 24.2 Å². The molecule has 4 heteroatoms. The summed E-state index contributed by atoms with van der Waals surface area (Å²) in [5, 5.41) is 0.751.